The Labute approximate surface area is 372 Å². The Hall–Kier alpha value is -5.18. The van der Waals surface area contributed by atoms with Gasteiger partial charge in [-0.3, -0.25) is 24.1 Å². The summed E-state index contributed by atoms with van der Waals surface area (Å²) in [5, 5.41) is 2.77. The molecular formula is C52H63N3O8. The molecule has 3 aliphatic carbocycles. The minimum Gasteiger partial charge on any atom is -0.496 e. The van der Waals surface area contributed by atoms with Crippen LogP contribution in [0, 0.1) is 42.9 Å². The molecule has 11 heteroatoms. The molecule has 334 valence electrons. The van der Waals surface area contributed by atoms with Crippen molar-refractivity contribution < 1.29 is 38.1 Å². The number of ether oxygens (including phenoxy) is 4. The van der Waals surface area contributed by atoms with Crippen LogP contribution in [0.3, 0.4) is 0 Å². The number of nitrogens with one attached hydrogen (secondary N) is 1. The third-order valence-electron chi connectivity index (χ3n) is 15.0. The van der Waals surface area contributed by atoms with Crippen molar-refractivity contribution in [3.05, 3.63) is 82.4 Å². The van der Waals surface area contributed by atoms with Gasteiger partial charge in [0.05, 0.1) is 37.3 Å². The van der Waals surface area contributed by atoms with Gasteiger partial charge in [-0.2, -0.15) is 0 Å². The van der Waals surface area contributed by atoms with Crippen LogP contribution in [0.15, 0.2) is 54.6 Å². The summed E-state index contributed by atoms with van der Waals surface area (Å²) >= 11 is 0. The van der Waals surface area contributed by atoms with E-state index in [1.54, 1.807) is 18.2 Å². The second-order valence-electron chi connectivity index (χ2n) is 19.9. The fourth-order valence-electron chi connectivity index (χ4n) is 11.5. The van der Waals surface area contributed by atoms with Crippen molar-refractivity contribution in [2.45, 2.75) is 123 Å². The molecule has 1 atom stereocenters. The summed E-state index contributed by atoms with van der Waals surface area (Å²) in [7, 11) is 1.51. The lowest BCUT2D eigenvalue weighted by Crippen LogP contribution is -2.66. The van der Waals surface area contributed by atoms with Crippen molar-refractivity contribution in [1.29, 1.82) is 0 Å². The van der Waals surface area contributed by atoms with Crippen molar-refractivity contribution in [3.8, 4) is 29.6 Å². The van der Waals surface area contributed by atoms with Gasteiger partial charge in [0.25, 0.3) is 5.91 Å². The summed E-state index contributed by atoms with van der Waals surface area (Å²) in [4.78, 5) is 55.6. The Morgan fingerprint density at radius 1 is 0.905 bits per heavy atom. The molecule has 11 nitrogen and oxygen atoms in total. The summed E-state index contributed by atoms with van der Waals surface area (Å²) in [5.74, 6) is 4.21. The van der Waals surface area contributed by atoms with E-state index in [0.717, 1.165) is 85.6 Å². The maximum atomic E-state index is 13.8. The Bertz CT molecular complexity index is 2260. The Morgan fingerprint density at radius 2 is 1.59 bits per heavy atom. The second kappa shape index (κ2) is 17.4. The Balaban J connectivity index is 0.795. The Morgan fingerprint density at radius 3 is 2.22 bits per heavy atom. The van der Waals surface area contributed by atoms with E-state index in [0.29, 0.717) is 42.6 Å². The summed E-state index contributed by atoms with van der Waals surface area (Å²) < 4.78 is 25.0. The third kappa shape index (κ3) is 8.86. The number of carbonyl (C=O) groups excluding carboxylic acids is 4. The molecule has 1 spiro atoms. The van der Waals surface area contributed by atoms with Crippen molar-refractivity contribution in [2.75, 3.05) is 44.8 Å². The predicted octanol–water partition coefficient (Wildman–Crippen LogP) is 7.70. The minimum atomic E-state index is -0.661. The molecule has 0 radical (unpaired) electrons. The number of methoxy groups -OCH3 is 1. The molecule has 1 N–H and O–H groups in total. The molecule has 0 bridgehead atoms. The highest BCUT2D eigenvalue weighted by molar-refractivity contribution is 6.07. The number of rotatable bonds is 12. The maximum Gasteiger partial charge on any atom is 0.255 e. The number of nitrogens with zero attached hydrogens (tertiary/aromatic N) is 2. The molecule has 2 heterocycles. The first-order chi connectivity index (χ1) is 30.0. The molecule has 5 fully saturated rings. The van der Waals surface area contributed by atoms with Gasteiger partial charge in [-0.25, -0.2) is 0 Å². The number of hydrogen-bond acceptors (Lipinski definition) is 10. The molecule has 8 rings (SSSR count). The number of anilines is 1. The summed E-state index contributed by atoms with van der Waals surface area (Å²) in [6, 6.07) is 17.2. The van der Waals surface area contributed by atoms with Gasteiger partial charge in [-0.05, 0) is 98.7 Å². The van der Waals surface area contributed by atoms with Crippen molar-refractivity contribution >= 4 is 28.9 Å². The van der Waals surface area contributed by atoms with E-state index in [-0.39, 0.29) is 64.7 Å². The largest absolute Gasteiger partial charge is 0.496 e. The summed E-state index contributed by atoms with van der Waals surface area (Å²) in [6.07, 6.45) is 10.4. The third-order valence-corrected chi connectivity index (χ3v) is 15.0. The van der Waals surface area contributed by atoms with Gasteiger partial charge in [0.15, 0.2) is 11.6 Å². The van der Waals surface area contributed by atoms with Crippen molar-refractivity contribution in [3.63, 3.8) is 0 Å². The monoisotopic (exact) mass is 857 g/mol. The second-order valence-corrected chi connectivity index (χ2v) is 19.9. The number of Topliss-reactive ketones (excluding diaryl/α,β-unsaturated/α-hetero) is 3. The molecule has 3 aromatic carbocycles. The maximum absolute atomic E-state index is 13.8. The molecule has 3 aromatic rings. The van der Waals surface area contributed by atoms with Gasteiger partial charge in [0, 0.05) is 91.6 Å². The lowest BCUT2D eigenvalue weighted by molar-refractivity contribution is -0.196. The molecule has 2 saturated heterocycles. The van der Waals surface area contributed by atoms with Crippen molar-refractivity contribution in [1.82, 2.24) is 10.2 Å². The molecule has 0 unspecified atom stereocenters. The number of amides is 1. The van der Waals surface area contributed by atoms with Crippen LogP contribution >= 0.6 is 0 Å². The first-order valence-electron chi connectivity index (χ1n) is 22.7. The lowest BCUT2D eigenvalue weighted by Gasteiger charge is -2.63. The first-order valence-corrected chi connectivity index (χ1v) is 22.7. The number of terminal acetylenes is 1. The van der Waals surface area contributed by atoms with E-state index in [1.165, 1.54) is 7.11 Å². The van der Waals surface area contributed by atoms with Gasteiger partial charge in [-0.1, -0.05) is 33.6 Å². The van der Waals surface area contributed by atoms with Gasteiger partial charge >= 0.3 is 0 Å². The quantitative estimate of drug-likeness (QED) is 0.110. The normalized spacial score (nSPS) is 26.2. The fraction of sp³-hybridized carbons (Fsp3) is 0.538. The van der Waals surface area contributed by atoms with Crippen LogP contribution in [-0.4, -0.2) is 97.9 Å². The van der Waals surface area contributed by atoms with Crippen LogP contribution in [0.1, 0.15) is 116 Å². The average molecular weight is 858 g/mol. The fourth-order valence-corrected chi connectivity index (χ4v) is 11.5. The van der Waals surface area contributed by atoms with Crippen LogP contribution in [0.25, 0.3) is 0 Å². The lowest BCUT2D eigenvalue weighted by atomic mass is 9.44. The number of piperidine rings is 1. The highest BCUT2D eigenvalue weighted by Crippen LogP contribution is 2.62. The zero-order valence-electron chi connectivity index (χ0n) is 38.0. The van der Waals surface area contributed by atoms with Crippen LogP contribution < -0.4 is 24.4 Å². The van der Waals surface area contributed by atoms with Crippen LogP contribution in [0.4, 0.5) is 5.69 Å². The van der Waals surface area contributed by atoms with Gasteiger partial charge in [0.1, 0.15) is 35.2 Å². The van der Waals surface area contributed by atoms with E-state index in [4.69, 9.17) is 25.4 Å². The molecule has 3 saturated carbocycles. The van der Waals surface area contributed by atoms with E-state index < -0.39 is 11.9 Å². The topological polar surface area (TPSA) is 124 Å². The molecule has 0 aromatic heterocycles. The average Bonchev–Trinajstić information content (AvgIpc) is 3.24. The summed E-state index contributed by atoms with van der Waals surface area (Å²) in [6.45, 7) is 17.2. The zero-order chi connectivity index (χ0) is 44.8. The van der Waals surface area contributed by atoms with E-state index >= 15 is 0 Å². The number of hydrogen-bond donors (Lipinski definition) is 1. The number of benzene rings is 3. The Kier molecular flexibility index (Phi) is 12.3. The van der Waals surface area contributed by atoms with Crippen LogP contribution in [-0.2, 0) is 14.3 Å². The van der Waals surface area contributed by atoms with Gasteiger partial charge in [-0.15, -0.1) is 6.42 Å². The summed E-state index contributed by atoms with van der Waals surface area (Å²) in [5.41, 5.74) is 4.65. The van der Waals surface area contributed by atoms with Crippen molar-refractivity contribution in [2.24, 2.45) is 16.7 Å². The molecule has 5 aliphatic rings. The van der Waals surface area contributed by atoms with Crippen LogP contribution in [0.5, 0.6) is 17.2 Å². The number of carbonyl (C=O) groups is 4. The standard InChI is InChI=1S/C52H63N3O8/c1-9-41-32(2)24-39(25-33(41)3)63-49-50(4,5)47(51(49,6)7)30-44(57)34-10-12-35(13-11-34)54-20-18-52(19-21-54)31-55(22-23-61-52)36-26-40(27-36)62-38-15-16-42(46(29-38)60-8)48(59)53-43-17-14-37(56)28-45(43)58/h1,10-13,15-16,24-25,29,36,40,43,47,49H,14,17-23,26-28,30-31H2,2-8H3,(H,53,59)/t36?,40?,43-,47?,49?/m0/s1. The van der Waals surface area contributed by atoms with Crippen LogP contribution in [0.2, 0.25) is 0 Å². The highest BCUT2D eigenvalue weighted by Gasteiger charge is 2.63. The van der Waals surface area contributed by atoms with E-state index in [9.17, 15) is 19.2 Å². The highest BCUT2D eigenvalue weighted by atomic mass is 16.5. The molecule has 1 amide bonds. The first kappa shape index (κ1) is 44.4. The van der Waals surface area contributed by atoms with E-state index in [2.05, 4.69) is 60.9 Å². The smallest absolute Gasteiger partial charge is 0.255 e. The van der Waals surface area contributed by atoms with E-state index in [1.807, 2.05) is 38.1 Å². The SMILES string of the molecule is C#Cc1c(C)cc(OC2C(C)(C)C(CC(=O)c3ccc(N4CCC5(CC4)CN(C4CC(Oc6ccc(C(=O)N[C@H]7CCC(=O)CC7=O)c(OC)c6)C4)CCO5)cc3)C2(C)C)cc1C. The predicted molar refractivity (Wildman–Crippen MR) is 242 cm³/mol. The number of aryl methyl sites for hydroxylation is 2. The zero-order valence-corrected chi connectivity index (χ0v) is 38.0. The minimum absolute atomic E-state index is 0.0374. The molecule has 63 heavy (non-hydrogen) atoms. The number of morpholine rings is 1. The van der Waals surface area contributed by atoms with Gasteiger partial charge < -0.3 is 29.2 Å². The number of ketones is 3. The molecule has 2 aliphatic heterocycles. The van der Waals surface area contributed by atoms with Gasteiger partial charge in [0.2, 0.25) is 0 Å². The molecular weight excluding hydrogens is 795 g/mol.